The molecule has 10 heteroatoms. The van der Waals surface area contributed by atoms with Gasteiger partial charge in [-0.3, -0.25) is 0 Å². The zero-order valence-corrected chi connectivity index (χ0v) is 17.7. The standard InChI is InChI=1S/C20H19O2S.CHF3O3S/c21-15-16-22-17-11-13-20(14-12-17)23(18-7-3-1-4-8-18)19-9-5-2-6-10-19;2-1(3,4)8(5,6)7/h1-14,21H,15-16H2;(H,5,6,7)/q+1;/p-1. The summed E-state index contributed by atoms with van der Waals surface area (Å²) in [6.07, 6.45) is 0. The number of hydrogen-bond donors (Lipinski definition) is 1. The summed E-state index contributed by atoms with van der Waals surface area (Å²) in [5, 5.41) is 8.84. The highest BCUT2D eigenvalue weighted by Crippen LogP contribution is 2.31. The van der Waals surface area contributed by atoms with E-state index in [1.165, 1.54) is 14.7 Å². The van der Waals surface area contributed by atoms with Crippen LogP contribution in [0.5, 0.6) is 5.75 Å². The third kappa shape index (κ3) is 7.59. The zero-order valence-electron chi connectivity index (χ0n) is 16.0. The normalized spacial score (nSPS) is 11.5. The molecule has 0 fully saturated rings. The second kappa shape index (κ2) is 11.2. The first kappa shape index (κ1) is 24.7. The van der Waals surface area contributed by atoms with Gasteiger partial charge in [0.1, 0.15) is 12.4 Å². The van der Waals surface area contributed by atoms with E-state index in [9.17, 15) is 13.2 Å². The van der Waals surface area contributed by atoms with Gasteiger partial charge in [-0.05, 0) is 48.5 Å². The van der Waals surface area contributed by atoms with E-state index < -0.39 is 15.6 Å². The van der Waals surface area contributed by atoms with Crippen LogP contribution in [0.1, 0.15) is 0 Å². The van der Waals surface area contributed by atoms with Crippen LogP contribution in [0.15, 0.2) is 99.6 Å². The van der Waals surface area contributed by atoms with E-state index >= 15 is 0 Å². The van der Waals surface area contributed by atoms with Crippen LogP contribution in [0.2, 0.25) is 0 Å². The Morgan fingerprint density at radius 1 is 0.806 bits per heavy atom. The van der Waals surface area contributed by atoms with Gasteiger partial charge in [0.05, 0.1) is 17.5 Å². The molecule has 0 spiro atoms. The van der Waals surface area contributed by atoms with Crippen molar-refractivity contribution in [3.05, 3.63) is 84.9 Å². The average molecular weight is 473 g/mol. The molecule has 0 aliphatic heterocycles. The molecular weight excluding hydrogens is 453 g/mol. The van der Waals surface area contributed by atoms with Crippen LogP contribution in [0.3, 0.4) is 0 Å². The van der Waals surface area contributed by atoms with Crippen molar-refractivity contribution >= 4 is 21.0 Å². The minimum atomic E-state index is -6.09. The number of halogens is 3. The van der Waals surface area contributed by atoms with Gasteiger partial charge >= 0.3 is 5.51 Å². The molecule has 0 aliphatic carbocycles. The first-order valence-corrected chi connectivity index (χ1v) is 11.5. The third-order valence-electron chi connectivity index (χ3n) is 3.66. The molecule has 3 rings (SSSR count). The molecule has 0 aliphatic rings. The Morgan fingerprint density at radius 3 is 1.55 bits per heavy atom. The molecule has 3 aromatic rings. The van der Waals surface area contributed by atoms with Crippen molar-refractivity contribution in [3.63, 3.8) is 0 Å². The molecule has 0 bridgehead atoms. The summed E-state index contributed by atoms with van der Waals surface area (Å²) >= 11 is 0. The summed E-state index contributed by atoms with van der Waals surface area (Å²) < 4.78 is 64.4. The summed E-state index contributed by atoms with van der Waals surface area (Å²) in [6.45, 7) is 0.350. The maximum Gasteiger partial charge on any atom is 0.485 e. The van der Waals surface area contributed by atoms with E-state index in [0.717, 1.165) is 5.75 Å². The fourth-order valence-corrected chi connectivity index (χ4v) is 4.44. The van der Waals surface area contributed by atoms with Gasteiger partial charge in [0, 0.05) is 0 Å². The molecule has 0 saturated carbocycles. The number of aliphatic hydroxyl groups excluding tert-OH is 1. The van der Waals surface area contributed by atoms with Gasteiger partial charge < -0.3 is 14.4 Å². The van der Waals surface area contributed by atoms with Crippen molar-refractivity contribution < 1.29 is 36.0 Å². The van der Waals surface area contributed by atoms with Crippen LogP contribution in [-0.2, 0) is 21.0 Å². The van der Waals surface area contributed by atoms with Gasteiger partial charge in [-0.2, -0.15) is 13.2 Å². The molecule has 31 heavy (non-hydrogen) atoms. The van der Waals surface area contributed by atoms with E-state index in [1.54, 1.807) is 0 Å². The Balaban J connectivity index is 0.000000366. The van der Waals surface area contributed by atoms with Crippen LogP contribution in [0.25, 0.3) is 0 Å². The summed E-state index contributed by atoms with van der Waals surface area (Å²) in [7, 11) is -6.22. The second-order valence-corrected chi connectivity index (χ2v) is 9.27. The molecule has 0 atom stereocenters. The predicted molar refractivity (Wildman–Crippen MR) is 110 cm³/mol. The Bertz CT molecular complexity index is 987. The topological polar surface area (TPSA) is 86.7 Å². The molecule has 0 heterocycles. The van der Waals surface area contributed by atoms with Crippen molar-refractivity contribution in [2.75, 3.05) is 13.2 Å². The summed E-state index contributed by atoms with van der Waals surface area (Å²) in [6, 6.07) is 29.3. The lowest BCUT2D eigenvalue weighted by atomic mass is 10.3. The number of benzene rings is 3. The number of rotatable bonds is 6. The van der Waals surface area contributed by atoms with E-state index in [4.69, 9.17) is 22.8 Å². The molecule has 166 valence electrons. The Labute approximate surface area is 181 Å². The van der Waals surface area contributed by atoms with Gasteiger partial charge in [0.25, 0.3) is 0 Å². The Hall–Kier alpha value is -2.53. The number of hydrogen-bond acceptors (Lipinski definition) is 5. The van der Waals surface area contributed by atoms with E-state index in [2.05, 4.69) is 60.7 Å². The van der Waals surface area contributed by atoms with Gasteiger partial charge in [-0.25, -0.2) is 8.42 Å². The molecule has 1 N–H and O–H groups in total. The lowest BCUT2D eigenvalue weighted by Crippen LogP contribution is -2.21. The van der Waals surface area contributed by atoms with Gasteiger partial charge in [0.15, 0.2) is 24.8 Å². The van der Waals surface area contributed by atoms with Crippen molar-refractivity contribution in [2.45, 2.75) is 20.2 Å². The molecule has 0 amide bonds. The summed E-state index contributed by atoms with van der Waals surface area (Å²) in [5.74, 6) is 0.785. The highest BCUT2D eigenvalue weighted by atomic mass is 32.2. The van der Waals surface area contributed by atoms with E-state index in [0.29, 0.717) is 6.61 Å². The zero-order chi connectivity index (χ0) is 22.9. The molecule has 5 nitrogen and oxygen atoms in total. The minimum Gasteiger partial charge on any atom is -0.741 e. The maximum atomic E-state index is 10.7. The molecule has 3 aromatic carbocycles. The minimum absolute atomic E-state index is 0.0279. The molecule has 0 unspecified atom stereocenters. The predicted octanol–water partition coefficient (Wildman–Crippen LogP) is 4.20. The first-order valence-electron chi connectivity index (χ1n) is 8.84. The molecule has 0 radical (unpaired) electrons. The SMILES string of the molecule is O=S(=O)([O-])C(F)(F)F.OCCOc1ccc([S+](c2ccccc2)c2ccccc2)cc1. The number of ether oxygens (including phenoxy) is 1. The van der Waals surface area contributed by atoms with Crippen LogP contribution in [0, 0.1) is 0 Å². The average Bonchev–Trinajstić information content (AvgIpc) is 2.74. The van der Waals surface area contributed by atoms with E-state index in [-0.39, 0.29) is 17.5 Å². The van der Waals surface area contributed by atoms with Gasteiger partial charge in [0.2, 0.25) is 0 Å². The molecule has 0 saturated heterocycles. The van der Waals surface area contributed by atoms with Crippen LogP contribution in [-0.4, -0.2) is 36.8 Å². The summed E-state index contributed by atoms with van der Waals surface area (Å²) in [4.78, 5) is 3.84. The number of alkyl halides is 3. The van der Waals surface area contributed by atoms with Crippen molar-refractivity contribution in [1.82, 2.24) is 0 Å². The second-order valence-electron chi connectivity index (χ2n) is 5.88. The van der Waals surface area contributed by atoms with Gasteiger partial charge in [-0.15, -0.1) is 0 Å². The molecule has 0 aromatic heterocycles. The smallest absolute Gasteiger partial charge is 0.485 e. The van der Waals surface area contributed by atoms with Crippen LogP contribution < -0.4 is 4.74 Å². The fourth-order valence-electron chi connectivity index (χ4n) is 2.36. The molecular formula is C21H19F3O5S2. The van der Waals surface area contributed by atoms with Crippen molar-refractivity contribution in [2.24, 2.45) is 0 Å². The highest BCUT2D eigenvalue weighted by molar-refractivity contribution is 7.97. The largest absolute Gasteiger partial charge is 0.741 e. The Morgan fingerprint density at radius 2 is 1.19 bits per heavy atom. The summed E-state index contributed by atoms with van der Waals surface area (Å²) in [5.41, 5.74) is -5.65. The first-order chi connectivity index (χ1) is 14.6. The van der Waals surface area contributed by atoms with Crippen molar-refractivity contribution in [1.29, 1.82) is 0 Å². The highest BCUT2D eigenvalue weighted by Gasteiger charge is 2.37. The quantitative estimate of drug-likeness (QED) is 0.330. The van der Waals surface area contributed by atoms with E-state index in [1.807, 2.05) is 24.3 Å². The van der Waals surface area contributed by atoms with Crippen LogP contribution in [0.4, 0.5) is 13.2 Å². The maximum absolute atomic E-state index is 10.7. The Kier molecular flexibility index (Phi) is 8.93. The van der Waals surface area contributed by atoms with Crippen molar-refractivity contribution in [3.8, 4) is 5.75 Å². The lowest BCUT2D eigenvalue weighted by Gasteiger charge is -2.09. The third-order valence-corrected chi connectivity index (χ3v) is 6.46. The van der Waals surface area contributed by atoms with Crippen LogP contribution >= 0.6 is 0 Å². The lowest BCUT2D eigenvalue weighted by molar-refractivity contribution is -0.0517. The van der Waals surface area contributed by atoms with Gasteiger partial charge in [-0.1, -0.05) is 36.4 Å². The monoisotopic (exact) mass is 472 g/mol. The number of aliphatic hydroxyl groups is 1. The fraction of sp³-hybridized carbons (Fsp3) is 0.143.